The number of aromatic nitrogens is 2. The van der Waals surface area contributed by atoms with Gasteiger partial charge in [-0.3, -0.25) is 0 Å². The van der Waals surface area contributed by atoms with Crippen LogP contribution in [-0.4, -0.2) is 23.1 Å². The zero-order valence-corrected chi connectivity index (χ0v) is 10.1. The summed E-state index contributed by atoms with van der Waals surface area (Å²) >= 11 is 0. The first-order valence-corrected chi connectivity index (χ1v) is 6.77. The SMILES string of the molecule is C1CCN(c2nc3c(c(C4CC4)n2)CNC3)C1. The van der Waals surface area contributed by atoms with E-state index in [4.69, 9.17) is 9.97 Å². The molecule has 1 aromatic heterocycles. The van der Waals surface area contributed by atoms with E-state index in [1.807, 2.05) is 0 Å². The van der Waals surface area contributed by atoms with Crippen molar-refractivity contribution < 1.29 is 0 Å². The standard InChI is InChI=1S/C13H18N4/c1-2-6-17(5-1)13-15-11-8-14-7-10(11)12(16-13)9-3-4-9/h9,14H,1-8H2. The molecule has 2 fully saturated rings. The summed E-state index contributed by atoms with van der Waals surface area (Å²) < 4.78 is 0. The third-order valence-electron chi connectivity index (χ3n) is 4.06. The Hall–Kier alpha value is -1.16. The van der Waals surface area contributed by atoms with Gasteiger partial charge in [0.1, 0.15) is 0 Å². The summed E-state index contributed by atoms with van der Waals surface area (Å²) in [6, 6.07) is 0. The van der Waals surface area contributed by atoms with Crippen LogP contribution in [0.25, 0.3) is 0 Å². The van der Waals surface area contributed by atoms with Crippen LogP contribution in [0.2, 0.25) is 0 Å². The minimum Gasteiger partial charge on any atom is -0.341 e. The maximum atomic E-state index is 4.86. The molecule has 0 bridgehead atoms. The number of nitrogens with one attached hydrogen (secondary N) is 1. The molecule has 0 radical (unpaired) electrons. The monoisotopic (exact) mass is 230 g/mol. The van der Waals surface area contributed by atoms with Gasteiger partial charge in [-0.15, -0.1) is 0 Å². The fourth-order valence-corrected chi connectivity index (χ4v) is 2.93. The molecule has 17 heavy (non-hydrogen) atoms. The van der Waals surface area contributed by atoms with Crippen molar-refractivity contribution in [3.8, 4) is 0 Å². The molecule has 1 saturated carbocycles. The molecule has 3 aliphatic rings. The van der Waals surface area contributed by atoms with E-state index in [0.29, 0.717) is 0 Å². The predicted molar refractivity (Wildman–Crippen MR) is 66.0 cm³/mol. The lowest BCUT2D eigenvalue weighted by atomic mass is 10.1. The highest BCUT2D eigenvalue weighted by atomic mass is 15.3. The molecule has 0 atom stereocenters. The summed E-state index contributed by atoms with van der Waals surface area (Å²) in [5, 5.41) is 3.41. The number of hydrogen-bond donors (Lipinski definition) is 1. The summed E-state index contributed by atoms with van der Waals surface area (Å²) in [6.07, 6.45) is 5.22. The summed E-state index contributed by atoms with van der Waals surface area (Å²) in [4.78, 5) is 12.0. The van der Waals surface area contributed by atoms with E-state index in [2.05, 4.69) is 10.2 Å². The first-order chi connectivity index (χ1) is 8.42. The molecule has 1 aromatic rings. The van der Waals surface area contributed by atoms with Crippen LogP contribution >= 0.6 is 0 Å². The first kappa shape index (κ1) is 9.83. The van der Waals surface area contributed by atoms with Gasteiger partial charge in [0.25, 0.3) is 0 Å². The van der Waals surface area contributed by atoms with E-state index >= 15 is 0 Å². The molecule has 0 aromatic carbocycles. The number of nitrogens with zero attached hydrogens (tertiary/aromatic N) is 3. The molecular weight excluding hydrogens is 212 g/mol. The van der Waals surface area contributed by atoms with E-state index in [0.717, 1.165) is 38.0 Å². The van der Waals surface area contributed by atoms with Crippen molar-refractivity contribution in [3.05, 3.63) is 17.0 Å². The quantitative estimate of drug-likeness (QED) is 0.837. The molecule has 4 rings (SSSR count). The van der Waals surface area contributed by atoms with Crippen molar-refractivity contribution in [1.82, 2.24) is 15.3 Å². The van der Waals surface area contributed by atoms with Crippen LogP contribution in [0, 0.1) is 0 Å². The molecule has 2 aliphatic heterocycles. The van der Waals surface area contributed by atoms with Gasteiger partial charge < -0.3 is 10.2 Å². The number of hydrogen-bond acceptors (Lipinski definition) is 4. The number of fused-ring (bicyclic) bond motifs is 1. The second-order valence-corrected chi connectivity index (χ2v) is 5.41. The third kappa shape index (κ3) is 1.62. The summed E-state index contributed by atoms with van der Waals surface area (Å²) in [5.41, 5.74) is 4.00. The second-order valence-electron chi connectivity index (χ2n) is 5.41. The average molecular weight is 230 g/mol. The maximum Gasteiger partial charge on any atom is 0.225 e. The summed E-state index contributed by atoms with van der Waals surface area (Å²) in [7, 11) is 0. The van der Waals surface area contributed by atoms with Gasteiger partial charge in [0.15, 0.2) is 0 Å². The van der Waals surface area contributed by atoms with E-state index in [1.54, 1.807) is 0 Å². The smallest absolute Gasteiger partial charge is 0.225 e. The van der Waals surface area contributed by atoms with Gasteiger partial charge in [0.2, 0.25) is 5.95 Å². The van der Waals surface area contributed by atoms with Crippen LogP contribution in [0.4, 0.5) is 5.95 Å². The van der Waals surface area contributed by atoms with Gasteiger partial charge in [0, 0.05) is 37.7 Å². The molecule has 1 saturated heterocycles. The zero-order chi connectivity index (χ0) is 11.2. The highest BCUT2D eigenvalue weighted by Crippen LogP contribution is 2.42. The summed E-state index contributed by atoms with van der Waals surface area (Å²) in [5.74, 6) is 1.72. The van der Waals surface area contributed by atoms with Crippen molar-refractivity contribution in [2.75, 3.05) is 18.0 Å². The van der Waals surface area contributed by atoms with Crippen LogP contribution in [0.1, 0.15) is 48.6 Å². The van der Waals surface area contributed by atoms with Gasteiger partial charge in [0.05, 0.1) is 11.4 Å². The Balaban J connectivity index is 1.77. The van der Waals surface area contributed by atoms with Crippen molar-refractivity contribution >= 4 is 5.95 Å². The van der Waals surface area contributed by atoms with Crippen LogP contribution in [0.3, 0.4) is 0 Å². The minimum absolute atomic E-state index is 0.730. The number of rotatable bonds is 2. The highest BCUT2D eigenvalue weighted by Gasteiger charge is 2.32. The predicted octanol–water partition coefficient (Wildman–Crippen LogP) is 1.56. The Bertz CT molecular complexity index is 447. The van der Waals surface area contributed by atoms with Crippen molar-refractivity contribution in [3.63, 3.8) is 0 Å². The van der Waals surface area contributed by atoms with E-state index in [9.17, 15) is 0 Å². The average Bonchev–Trinajstić information content (AvgIpc) is 2.88. The van der Waals surface area contributed by atoms with Crippen molar-refractivity contribution in [1.29, 1.82) is 0 Å². The summed E-state index contributed by atoms with van der Waals surface area (Å²) in [6.45, 7) is 4.17. The highest BCUT2D eigenvalue weighted by molar-refractivity contribution is 5.42. The Labute approximate surface area is 101 Å². The van der Waals surface area contributed by atoms with Crippen LogP contribution in [0.15, 0.2) is 0 Å². The van der Waals surface area contributed by atoms with Crippen LogP contribution < -0.4 is 10.2 Å². The molecule has 90 valence electrons. The van der Waals surface area contributed by atoms with Gasteiger partial charge >= 0.3 is 0 Å². The molecule has 3 heterocycles. The second kappa shape index (κ2) is 3.67. The van der Waals surface area contributed by atoms with Crippen LogP contribution in [0.5, 0.6) is 0 Å². The topological polar surface area (TPSA) is 41.1 Å². The lowest BCUT2D eigenvalue weighted by Gasteiger charge is -2.17. The Morgan fingerprint density at radius 2 is 1.88 bits per heavy atom. The Morgan fingerprint density at radius 1 is 1.06 bits per heavy atom. The lowest BCUT2D eigenvalue weighted by Crippen LogP contribution is -2.22. The lowest BCUT2D eigenvalue weighted by molar-refractivity contribution is 0.755. The largest absolute Gasteiger partial charge is 0.341 e. The van der Waals surface area contributed by atoms with E-state index in [1.165, 1.54) is 42.6 Å². The molecule has 0 amide bonds. The molecule has 1 aliphatic carbocycles. The zero-order valence-electron chi connectivity index (χ0n) is 10.1. The van der Waals surface area contributed by atoms with Crippen molar-refractivity contribution in [2.24, 2.45) is 0 Å². The molecule has 1 N–H and O–H groups in total. The molecule has 0 unspecified atom stereocenters. The van der Waals surface area contributed by atoms with Crippen molar-refractivity contribution in [2.45, 2.75) is 44.7 Å². The third-order valence-corrected chi connectivity index (χ3v) is 4.06. The van der Waals surface area contributed by atoms with E-state index < -0.39 is 0 Å². The van der Waals surface area contributed by atoms with Gasteiger partial charge in [-0.25, -0.2) is 9.97 Å². The molecule has 4 heteroatoms. The Morgan fingerprint density at radius 3 is 2.65 bits per heavy atom. The Kier molecular flexibility index (Phi) is 2.12. The van der Waals surface area contributed by atoms with Gasteiger partial charge in [-0.2, -0.15) is 0 Å². The molecular formula is C13H18N4. The number of anilines is 1. The molecule has 4 nitrogen and oxygen atoms in total. The fraction of sp³-hybridized carbons (Fsp3) is 0.692. The molecule has 0 spiro atoms. The first-order valence-electron chi connectivity index (χ1n) is 6.77. The van der Waals surface area contributed by atoms with Gasteiger partial charge in [-0.05, 0) is 25.7 Å². The van der Waals surface area contributed by atoms with E-state index in [-0.39, 0.29) is 0 Å². The maximum absolute atomic E-state index is 4.86. The fourth-order valence-electron chi connectivity index (χ4n) is 2.93. The normalized spacial score (nSPS) is 23.2. The van der Waals surface area contributed by atoms with Gasteiger partial charge in [-0.1, -0.05) is 0 Å². The minimum atomic E-state index is 0.730. The van der Waals surface area contributed by atoms with Crippen LogP contribution in [-0.2, 0) is 13.1 Å².